The van der Waals surface area contributed by atoms with Gasteiger partial charge >= 0.3 is 0 Å². The topological polar surface area (TPSA) is 63.7 Å². The van der Waals surface area contributed by atoms with Crippen molar-refractivity contribution in [1.29, 1.82) is 0 Å². The zero-order chi connectivity index (χ0) is 19.4. The van der Waals surface area contributed by atoms with Crippen molar-refractivity contribution < 1.29 is 17.9 Å². The first kappa shape index (κ1) is 19.2. The highest BCUT2D eigenvalue weighted by Gasteiger charge is 2.34. The van der Waals surface area contributed by atoms with Crippen molar-refractivity contribution in [3.8, 4) is 5.75 Å². The van der Waals surface area contributed by atoms with Crippen LogP contribution in [0.4, 0.5) is 5.69 Å². The predicted octanol–water partition coefficient (Wildman–Crippen LogP) is 3.53. The number of carbonyl (C=O) groups is 1. The van der Waals surface area contributed by atoms with Gasteiger partial charge < -0.3 is 9.64 Å². The van der Waals surface area contributed by atoms with Crippen LogP contribution >= 0.6 is 0 Å². The summed E-state index contributed by atoms with van der Waals surface area (Å²) in [4.78, 5) is 15.1. The summed E-state index contributed by atoms with van der Waals surface area (Å²) in [5, 5.41) is 1.20. The van der Waals surface area contributed by atoms with E-state index in [9.17, 15) is 13.2 Å². The summed E-state index contributed by atoms with van der Waals surface area (Å²) in [5.41, 5.74) is 1.58. The SMILES string of the molecule is CC[C@H](C(=O)N(c1ccc(OC)cc1)[C@H]1C=CS(=O)(=O)C1)c1ccccc1. The molecule has 27 heavy (non-hydrogen) atoms. The Morgan fingerprint density at radius 1 is 1.15 bits per heavy atom. The largest absolute Gasteiger partial charge is 0.497 e. The van der Waals surface area contributed by atoms with Crippen LogP contribution in [0.2, 0.25) is 0 Å². The molecular formula is C21H23NO4S. The Bertz CT molecular complexity index is 920. The number of hydrogen-bond acceptors (Lipinski definition) is 4. The molecule has 142 valence electrons. The van der Waals surface area contributed by atoms with E-state index in [4.69, 9.17) is 4.74 Å². The number of sulfone groups is 1. The lowest BCUT2D eigenvalue weighted by Gasteiger charge is -2.31. The van der Waals surface area contributed by atoms with Crippen molar-refractivity contribution in [2.24, 2.45) is 0 Å². The molecular weight excluding hydrogens is 362 g/mol. The standard InChI is InChI=1S/C21H23NO4S/c1-3-20(16-7-5-4-6-8-16)21(23)22(18-13-14-27(24,25)15-18)17-9-11-19(26-2)12-10-17/h4-14,18,20H,3,15H2,1-2H3/t18-,20-/m0/s1. The number of nitrogens with zero attached hydrogens (tertiary/aromatic N) is 1. The average Bonchev–Trinajstić information content (AvgIpc) is 3.03. The molecule has 0 aromatic heterocycles. The molecule has 0 N–H and O–H groups in total. The van der Waals surface area contributed by atoms with Gasteiger partial charge in [-0.1, -0.05) is 37.3 Å². The van der Waals surface area contributed by atoms with Crippen molar-refractivity contribution in [3.63, 3.8) is 0 Å². The fourth-order valence-electron chi connectivity index (χ4n) is 3.35. The lowest BCUT2D eigenvalue weighted by molar-refractivity contribution is -0.120. The van der Waals surface area contributed by atoms with Gasteiger partial charge in [-0.25, -0.2) is 8.42 Å². The van der Waals surface area contributed by atoms with Gasteiger partial charge in [-0.3, -0.25) is 4.79 Å². The lowest BCUT2D eigenvalue weighted by atomic mass is 9.94. The fraction of sp³-hybridized carbons (Fsp3) is 0.286. The molecule has 0 unspecified atom stereocenters. The summed E-state index contributed by atoms with van der Waals surface area (Å²) in [7, 11) is -1.71. The van der Waals surface area contributed by atoms with Gasteiger partial charge in [-0.05, 0) is 42.3 Å². The molecule has 3 rings (SSSR count). The highest BCUT2D eigenvalue weighted by Crippen LogP contribution is 2.30. The molecule has 0 saturated carbocycles. The second kappa shape index (κ2) is 7.96. The van der Waals surface area contributed by atoms with Crippen LogP contribution in [-0.2, 0) is 14.6 Å². The minimum Gasteiger partial charge on any atom is -0.497 e. The molecule has 0 saturated heterocycles. The number of amides is 1. The van der Waals surface area contributed by atoms with Crippen LogP contribution in [0, 0.1) is 0 Å². The molecule has 2 atom stereocenters. The van der Waals surface area contributed by atoms with Crippen molar-refractivity contribution in [1.82, 2.24) is 0 Å². The van der Waals surface area contributed by atoms with E-state index in [0.717, 1.165) is 5.56 Å². The summed E-state index contributed by atoms with van der Waals surface area (Å²) in [6, 6.07) is 16.2. The molecule has 1 heterocycles. The molecule has 0 spiro atoms. The Labute approximate surface area is 160 Å². The Balaban J connectivity index is 2.00. The molecule has 0 bridgehead atoms. The number of carbonyl (C=O) groups excluding carboxylic acids is 1. The molecule has 0 radical (unpaired) electrons. The molecule has 1 amide bonds. The van der Waals surface area contributed by atoms with Gasteiger partial charge in [0.15, 0.2) is 9.84 Å². The third-order valence-electron chi connectivity index (χ3n) is 4.74. The van der Waals surface area contributed by atoms with E-state index in [2.05, 4.69) is 0 Å². The van der Waals surface area contributed by atoms with Gasteiger partial charge in [0.05, 0.1) is 24.8 Å². The third kappa shape index (κ3) is 4.22. The van der Waals surface area contributed by atoms with Crippen LogP contribution in [0.5, 0.6) is 5.75 Å². The Kier molecular flexibility index (Phi) is 5.65. The summed E-state index contributed by atoms with van der Waals surface area (Å²) >= 11 is 0. The zero-order valence-electron chi connectivity index (χ0n) is 15.4. The van der Waals surface area contributed by atoms with Crippen molar-refractivity contribution >= 4 is 21.4 Å². The van der Waals surface area contributed by atoms with E-state index in [1.165, 1.54) is 5.41 Å². The highest BCUT2D eigenvalue weighted by molar-refractivity contribution is 7.94. The molecule has 2 aromatic rings. The Morgan fingerprint density at radius 3 is 2.33 bits per heavy atom. The first-order valence-corrected chi connectivity index (χ1v) is 10.6. The van der Waals surface area contributed by atoms with Crippen LogP contribution in [0.1, 0.15) is 24.8 Å². The van der Waals surface area contributed by atoms with Gasteiger partial charge in [0, 0.05) is 11.1 Å². The van der Waals surface area contributed by atoms with Crippen LogP contribution in [0.15, 0.2) is 66.1 Å². The number of benzene rings is 2. The number of methoxy groups -OCH3 is 1. The van der Waals surface area contributed by atoms with E-state index >= 15 is 0 Å². The normalized spacial score (nSPS) is 18.8. The Hall–Kier alpha value is -2.60. The van der Waals surface area contributed by atoms with Crippen LogP contribution in [-0.4, -0.2) is 33.2 Å². The van der Waals surface area contributed by atoms with Gasteiger partial charge in [0.25, 0.3) is 0 Å². The second-order valence-corrected chi connectivity index (χ2v) is 8.43. The molecule has 0 fully saturated rings. The maximum atomic E-state index is 13.5. The summed E-state index contributed by atoms with van der Waals surface area (Å²) in [6.45, 7) is 1.96. The van der Waals surface area contributed by atoms with Crippen LogP contribution in [0.3, 0.4) is 0 Å². The maximum Gasteiger partial charge on any atom is 0.235 e. The number of ether oxygens (including phenoxy) is 1. The van der Waals surface area contributed by atoms with Gasteiger partial charge in [-0.15, -0.1) is 0 Å². The molecule has 0 aliphatic carbocycles. The smallest absolute Gasteiger partial charge is 0.235 e. The van der Waals surface area contributed by atoms with E-state index in [0.29, 0.717) is 17.9 Å². The van der Waals surface area contributed by atoms with E-state index in [1.807, 2.05) is 37.3 Å². The van der Waals surface area contributed by atoms with Crippen LogP contribution in [0.25, 0.3) is 0 Å². The van der Waals surface area contributed by atoms with Crippen molar-refractivity contribution in [2.75, 3.05) is 17.8 Å². The number of rotatable bonds is 6. The number of hydrogen-bond donors (Lipinski definition) is 0. The van der Waals surface area contributed by atoms with Gasteiger partial charge in [0.1, 0.15) is 5.75 Å². The highest BCUT2D eigenvalue weighted by atomic mass is 32.2. The van der Waals surface area contributed by atoms with Crippen molar-refractivity contribution in [3.05, 3.63) is 71.6 Å². The summed E-state index contributed by atoms with van der Waals surface area (Å²) < 4.78 is 29.1. The minimum atomic E-state index is -3.29. The molecule has 1 aliphatic rings. The quantitative estimate of drug-likeness (QED) is 0.763. The second-order valence-electron chi connectivity index (χ2n) is 6.50. The number of anilines is 1. The first-order chi connectivity index (χ1) is 12.9. The minimum absolute atomic E-state index is 0.101. The monoisotopic (exact) mass is 385 g/mol. The average molecular weight is 385 g/mol. The molecule has 2 aromatic carbocycles. The zero-order valence-corrected chi connectivity index (χ0v) is 16.2. The molecule has 1 aliphatic heterocycles. The van der Waals surface area contributed by atoms with Crippen molar-refractivity contribution in [2.45, 2.75) is 25.3 Å². The summed E-state index contributed by atoms with van der Waals surface area (Å²) in [5.74, 6) is 0.122. The Morgan fingerprint density at radius 2 is 1.81 bits per heavy atom. The van der Waals surface area contributed by atoms with Gasteiger partial charge in [-0.2, -0.15) is 0 Å². The summed E-state index contributed by atoms with van der Waals surface area (Å²) in [6.07, 6.45) is 2.22. The molecule has 5 nitrogen and oxygen atoms in total. The van der Waals surface area contributed by atoms with E-state index in [-0.39, 0.29) is 17.6 Å². The maximum absolute atomic E-state index is 13.5. The first-order valence-electron chi connectivity index (χ1n) is 8.88. The lowest BCUT2D eigenvalue weighted by Crippen LogP contribution is -2.43. The predicted molar refractivity (Wildman–Crippen MR) is 107 cm³/mol. The van der Waals surface area contributed by atoms with E-state index in [1.54, 1.807) is 42.4 Å². The fourth-order valence-corrected chi connectivity index (χ4v) is 4.62. The molecule has 6 heteroatoms. The van der Waals surface area contributed by atoms with Gasteiger partial charge in [0.2, 0.25) is 5.91 Å². The van der Waals surface area contributed by atoms with Crippen LogP contribution < -0.4 is 9.64 Å². The van der Waals surface area contributed by atoms with E-state index < -0.39 is 15.9 Å². The third-order valence-corrected chi connectivity index (χ3v) is 6.12.